The van der Waals surface area contributed by atoms with Crippen LogP contribution in [0.1, 0.15) is 50.6 Å². The molecule has 1 aliphatic heterocycles. The van der Waals surface area contributed by atoms with Crippen LogP contribution in [0.2, 0.25) is 0 Å². The molecule has 7 heteroatoms. The zero-order chi connectivity index (χ0) is 15.9. The first-order chi connectivity index (χ1) is 10.7. The minimum atomic E-state index is -0.432. The van der Waals surface area contributed by atoms with Gasteiger partial charge in [0.15, 0.2) is 0 Å². The SMILES string of the molecule is CCCc1cc(C2CCCN2C(=O)NCC(=O)OCC)no1. The highest BCUT2D eigenvalue weighted by atomic mass is 16.5. The minimum Gasteiger partial charge on any atom is -0.465 e. The van der Waals surface area contributed by atoms with Crippen LogP contribution in [0.25, 0.3) is 0 Å². The fourth-order valence-electron chi connectivity index (χ4n) is 2.63. The van der Waals surface area contributed by atoms with Gasteiger partial charge in [-0.1, -0.05) is 12.1 Å². The highest BCUT2D eigenvalue weighted by Crippen LogP contribution is 2.31. The molecule has 0 aliphatic carbocycles. The summed E-state index contributed by atoms with van der Waals surface area (Å²) >= 11 is 0. The van der Waals surface area contributed by atoms with Gasteiger partial charge < -0.3 is 19.5 Å². The number of carbonyl (C=O) groups excluding carboxylic acids is 2. The number of aromatic nitrogens is 1. The van der Waals surface area contributed by atoms with Gasteiger partial charge in [-0.05, 0) is 26.2 Å². The van der Waals surface area contributed by atoms with Crippen LogP contribution in [0, 0.1) is 0 Å². The van der Waals surface area contributed by atoms with Gasteiger partial charge in [0.25, 0.3) is 0 Å². The second-order valence-electron chi connectivity index (χ2n) is 5.28. The number of rotatable bonds is 6. The van der Waals surface area contributed by atoms with E-state index in [4.69, 9.17) is 9.26 Å². The van der Waals surface area contributed by atoms with Gasteiger partial charge in [0.05, 0.1) is 12.6 Å². The summed E-state index contributed by atoms with van der Waals surface area (Å²) in [7, 11) is 0. The number of ether oxygens (including phenoxy) is 1. The predicted molar refractivity (Wildman–Crippen MR) is 79.2 cm³/mol. The van der Waals surface area contributed by atoms with E-state index < -0.39 is 5.97 Å². The lowest BCUT2D eigenvalue weighted by Gasteiger charge is -2.23. The summed E-state index contributed by atoms with van der Waals surface area (Å²) in [4.78, 5) is 25.2. The first-order valence-corrected chi connectivity index (χ1v) is 7.81. The van der Waals surface area contributed by atoms with Crippen molar-refractivity contribution in [2.75, 3.05) is 19.7 Å². The summed E-state index contributed by atoms with van der Waals surface area (Å²) in [5.74, 6) is 0.412. The Hall–Kier alpha value is -2.05. The maximum atomic E-state index is 12.2. The van der Waals surface area contributed by atoms with Crippen molar-refractivity contribution in [3.63, 3.8) is 0 Å². The van der Waals surface area contributed by atoms with E-state index in [0.717, 1.165) is 37.1 Å². The van der Waals surface area contributed by atoms with Crippen LogP contribution in [0.15, 0.2) is 10.6 Å². The molecule has 1 aliphatic rings. The molecule has 2 amide bonds. The molecule has 0 saturated carbocycles. The summed E-state index contributed by atoms with van der Waals surface area (Å²) in [6, 6.07) is 1.57. The molecule has 0 aromatic carbocycles. The average molecular weight is 309 g/mol. The number of likely N-dealkylation sites (tertiary alicyclic amines) is 1. The quantitative estimate of drug-likeness (QED) is 0.813. The van der Waals surface area contributed by atoms with E-state index >= 15 is 0 Å². The van der Waals surface area contributed by atoms with Crippen molar-refractivity contribution in [1.82, 2.24) is 15.4 Å². The van der Waals surface area contributed by atoms with Crippen molar-refractivity contribution in [3.05, 3.63) is 17.5 Å². The van der Waals surface area contributed by atoms with Gasteiger partial charge in [-0.2, -0.15) is 0 Å². The summed E-state index contributed by atoms with van der Waals surface area (Å²) in [5, 5.41) is 6.68. The monoisotopic (exact) mass is 309 g/mol. The lowest BCUT2D eigenvalue weighted by atomic mass is 10.1. The molecular formula is C15H23N3O4. The zero-order valence-electron chi connectivity index (χ0n) is 13.1. The first kappa shape index (κ1) is 16.3. The highest BCUT2D eigenvalue weighted by molar-refractivity contribution is 5.81. The molecule has 22 heavy (non-hydrogen) atoms. The van der Waals surface area contributed by atoms with Gasteiger partial charge in [-0.3, -0.25) is 4.79 Å². The summed E-state index contributed by atoms with van der Waals surface area (Å²) in [5.41, 5.74) is 0.784. The molecule has 1 N–H and O–H groups in total. The molecule has 0 bridgehead atoms. The largest absolute Gasteiger partial charge is 0.465 e. The van der Waals surface area contributed by atoms with Crippen molar-refractivity contribution in [2.24, 2.45) is 0 Å². The third-order valence-electron chi connectivity index (χ3n) is 3.62. The molecule has 1 aromatic heterocycles. The summed E-state index contributed by atoms with van der Waals surface area (Å²) in [6.07, 6.45) is 3.59. The molecule has 7 nitrogen and oxygen atoms in total. The minimum absolute atomic E-state index is 0.0865. The Balaban J connectivity index is 1.94. The fourth-order valence-corrected chi connectivity index (χ4v) is 2.63. The van der Waals surface area contributed by atoms with Gasteiger partial charge in [0, 0.05) is 19.0 Å². The number of hydrogen-bond acceptors (Lipinski definition) is 5. The molecule has 122 valence electrons. The number of aryl methyl sites for hydroxylation is 1. The van der Waals surface area contributed by atoms with Crippen molar-refractivity contribution in [1.29, 1.82) is 0 Å². The van der Waals surface area contributed by atoms with Gasteiger partial charge in [-0.25, -0.2) is 4.79 Å². The van der Waals surface area contributed by atoms with E-state index in [1.165, 1.54) is 0 Å². The topological polar surface area (TPSA) is 84.7 Å². The number of urea groups is 1. The van der Waals surface area contributed by atoms with Crippen LogP contribution in [-0.2, 0) is 16.0 Å². The number of nitrogens with zero attached hydrogens (tertiary/aromatic N) is 2. The molecule has 1 fully saturated rings. The van der Waals surface area contributed by atoms with Crippen LogP contribution in [0.4, 0.5) is 4.79 Å². The summed E-state index contributed by atoms with van der Waals surface area (Å²) < 4.78 is 10.1. The number of hydrogen-bond donors (Lipinski definition) is 1. The van der Waals surface area contributed by atoms with Gasteiger partial charge in [-0.15, -0.1) is 0 Å². The maximum Gasteiger partial charge on any atom is 0.325 e. The van der Waals surface area contributed by atoms with E-state index in [9.17, 15) is 9.59 Å². The van der Waals surface area contributed by atoms with Crippen LogP contribution in [0.3, 0.4) is 0 Å². The molecule has 1 saturated heterocycles. The smallest absolute Gasteiger partial charge is 0.325 e. The zero-order valence-corrected chi connectivity index (χ0v) is 13.1. The Morgan fingerprint density at radius 1 is 1.50 bits per heavy atom. The van der Waals surface area contributed by atoms with Gasteiger partial charge in [0.1, 0.15) is 18.0 Å². The van der Waals surface area contributed by atoms with E-state index in [1.54, 1.807) is 11.8 Å². The van der Waals surface area contributed by atoms with Gasteiger partial charge >= 0.3 is 12.0 Å². The Bertz CT molecular complexity index is 515. The molecule has 2 rings (SSSR count). The fraction of sp³-hybridized carbons (Fsp3) is 0.667. The van der Waals surface area contributed by atoms with E-state index in [-0.39, 0.29) is 18.6 Å². The summed E-state index contributed by atoms with van der Waals surface area (Å²) in [6.45, 7) is 4.65. The van der Waals surface area contributed by atoms with Crippen molar-refractivity contribution in [2.45, 2.75) is 45.6 Å². The van der Waals surface area contributed by atoms with E-state index in [2.05, 4.69) is 17.4 Å². The average Bonchev–Trinajstić information content (AvgIpc) is 3.14. The Kier molecular flexibility index (Phi) is 5.80. The Labute approximate surface area is 130 Å². The van der Waals surface area contributed by atoms with Crippen LogP contribution in [0.5, 0.6) is 0 Å². The second-order valence-corrected chi connectivity index (χ2v) is 5.28. The lowest BCUT2D eigenvalue weighted by molar-refractivity contribution is -0.141. The first-order valence-electron chi connectivity index (χ1n) is 7.81. The maximum absolute atomic E-state index is 12.2. The number of nitrogens with one attached hydrogen (secondary N) is 1. The Morgan fingerprint density at radius 2 is 2.32 bits per heavy atom. The van der Waals surface area contributed by atoms with Crippen LogP contribution >= 0.6 is 0 Å². The predicted octanol–water partition coefficient (Wildman–Crippen LogP) is 2.04. The number of amides is 2. The molecule has 2 heterocycles. The number of esters is 1. The third-order valence-corrected chi connectivity index (χ3v) is 3.62. The molecular weight excluding hydrogens is 286 g/mol. The molecule has 0 spiro atoms. The molecule has 1 atom stereocenters. The lowest BCUT2D eigenvalue weighted by Crippen LogP contribution is -2.42. The standard InChI is InChI=1S/C15H23N3O4/c1-3-6-11-9-12(17-22-11)13-7-5-8-18(13)15(20)16-10-14(19)21-4-2/h9,13H,3-8,10H2,1-2H3,(H,16,20). The van der Waals surface area contributed by atoms with E-state index in [0.29, 0.717) is 13.2 Å². The van der Waals surface area contributed by atoms with Crippen LogP contribution in [-0.4, -0.2) is 41.8 Å². The van der Waals surface area contributed by atoms with Crippen LogP contribution < -0.4 is 5.32 Å². The van der Waals surface area contributed by atoms with E-state index in [1.807, 2.05) is 6.07 Å². The molecule has 1 unspecified atom stereocenters. The Morgan fingerprint density at radius 3 is 3.05 bits per heavy atom. The van der Waals surface area contributed by atoms with Crippen molar-refractivity contribution >= 4 is 12.0 Å². The van der Waals surface area contributed by atoms with Crippen molar-refractivity contribution < 1.29 is 18.8 Å². The van der Waals surface area contributed by atoms with Gasteiger partial charge in [0.2, 0.25) is 0 Å². The molecule has 0 radical (unpaired) electrons. The normalized spacial score (nSPS) is 17.5. The number of carbonyl (C=O) groups is 2. The van der Waals surface area contributed by atoms with Crippen molar-refractivity contribution in [3.8, 4) is 0 Å². The second kappa shape index (κ2) is 7.82. The third kappa shape index (κ3) is 3.99. The molecule has 1 aromatic rings. The highest BCUT2D eigenvalue weighted by Gasteiger charge is 2.32.